The molecule has 182 valence electrons. The Bertz CT molecular complexity index is 835. The van der Waals surface area contributed by atoms with E-state index in [0.717, 1.165) is 24.6 Å². The fourth-order valence-electron chi connectivity index (χ4n) is 4.87. The third-order valence-electron chi connectivity index (χ3n) is 6.64. The van der Waals surface area contributed by atoms with Crippen LogP contribution >= 0.6 is 24.0 Å². The van der Waals surface area contributed by atoms with Crippen molar-refractivity contribution in [3.05, 3.63) is 29.8 Å². The largest absolute Gasteiger partial charge is 0.357 e. The van der Waals surface area contributed by atoms with Gasteiger partial charge in [0.2, 0.25) is 10.0 Å². The second-order valence-electron chi connectivity index (χ2n) is 8.74. The van der Waals surface area contributed by atoms with Gasteiger partial charge in [-0.3, -0.25) is 4.90 Å². The fourth-order valence-corrected chi connectivity index (χ4v) is 5.67. The van der Waals surface area contributed by atoms with Crippen molar-refractivity contribution < 1.29 is 8.42 Å². The van der Waals surface area contributed by atoms with Gasteiger partial charge in [-0.2, -0.15) is 0 Å². The van der Waals surface area contributed by atoms with E-state index in [1.165, 1.54) is 71.5 Å². The van der Waals surface area contributed by atoms with Crippen LogP contribution in [0, 0.1) is 0 Å². The Morgan fingerprint density at radius 2 is 1.75 bits per heavy atom. The van der Waals surface area contributed by atoms with Gasteiger partial charge in [0.1, 0.15) is 0 Å². The second kappa shape index (κ2) is 13.1. The average molecular weight is 578 g/mol. The maximum absolute atomic E-state index is 12.1. The molecule has 1 saturated carbocycles. The molecule has 2 aliphatic rings. The van der Waals surface area contributed by atoms with E-state index in [1.54, 1.807) is 18.2 Å². The molecule has 1 aromatic rings. The SMILES string of the molecule is CCNC(=NCc1cccc(S(=O)(=O)NC)c1)NCC1(N2CCCCC2)CCCCC1.I. The number of nitrogens with zero attached hydrogens (tertiary/aromatic N) is 2. The number of hydrogen-bond acceptors (Lipinski definition) is 4. The van der Waals surface area contributed by atoms with Crippen LogP contribution in [0.5, 0.6) is 0 Å². The lowest BCUT2D eigenvalue weighted by Gasteiger charge is -2.48. The van der Waals surface area contributed by atoms with Crippen LogP contribution in [0.1, 0.15) is 63.9 Å². The summed E-state index contributed by atoms with van der Waals surface area (Å²) in [5.74, 6) is 0.798. The Labute approximate surface area is 211 Å². The molecule has 1 aliphatic carbocycles. The van der Waals surface area contributed by atoms with Crippen LogP contribution in [0.2, 0.25) is 0 Å². The summed E-state index contributed by atoms with van der Waals surface area (Å²) in [6.45, 7) is 6.62. The van der Waals surface area contributed by atoms with Gasteiger partial charge in [0, 0.05) is 18.6 Å². The molecule has 0 aromatic heterocycles. The predicted molar refractivity (Wildman–Crippen MR) is 142 cm³/mol. The average Bonchev–Trinajstić information content (AvgIpc) is 2.82. The first kappa shape index (κ1) is 27.3. The van der Waals surface area contributed by atoms with Gasteiger partial charge < -0.3 is 10.6 Å². The van der Waals surface area contributed by atoms with Crippen LogP contribution in [0.15, 0.2) is 34.2 Å². The minimum Gasteiger partial charge on any atom is -0.357 e. The van der Waals surface area contributed by atoms with E-state index in [2.05, 4.69) is 27.2 Å². The van der Waals surface area contributed by atoms with Crippen molar-refractivity contribution >= 4 is 40.0 Å². The van der Waals surface area contributed by atoms with E-state index in [4.69, 9.17) is 4.99 Å². The molecule has 3 rings (SSSR count). The second-order valence-corrected chi connectivity index (χ2v) is 10.6. The quantitative estimate of drug-likeness (QED) is 0.251. The summed E-state index contributed by atoms with van der Waals surface area (Å²) in [6.07, 6.45) is 10.4. The van der Waals surface area contributed by atoms with Crippen molar-refractivity contribution in [2.75, 3.05) is 33.2 Å². The molecule has 1 heterocycles. The molecule has 1 aliphatic heterocycles. The Balaban J connectivity index is 0.00000363. The Morgan fingerprint density at radius 1 is 1.06 bits per heavy atom. The van der Waals surface area contributed by atoms with Gasteiger partial charge in [-0.15, -0.1) is 24.0 Å². The van der Waals surface area contributed by atoms with E-state index >= 15 is 0 Å². The number of likely N-dealkylation sites (tertiary alicyclic amines) is 1. The molecule has 32 heavy (non-hydrogen) atoms. The van der Waals surface area contributed by atoms with Crippen molar-refractivity contribution in [2.24, 2.45) is 4.99 Å². The highest BCUT2D eigenvalue weighted by atomic mass is 127. The Kier molecular flexibility index (Phi) is 11.2. The van der Waals surface area contributed by atoms with Crippen LogP contribution in [-0.2, 0) is 16.6 Å². The summed E-state index contributed by atoms with van der Waals surface area (Å²) in [6, 6.07) is 6.98. The first-order valence-corrected chi connectivity index (χ1v) is 13.3. The van der Waals surface area contributed by atoms with Crippen LogP contribution < -0.4 is 15.4 Å². The molecule has 0 radical (unpaired) electrons. The summed E-state index contributed by atoms with van der Waals surface area (Å²) in [5.41, 5.74) is 1.10. The number of piperidine rings is 1. The van der Waals surface area contributed by atoms with Crippen molar-refractivity contribution in [1.82, 2.24) is 20.3 Å². The van der Waals surface area contributed by atoms with Gasteiger partial charge in [0.05, 0.1) is 11.4 Å². The third kappa shape index (κ3) is 7.30. The van der Waals surface area contributed by atoms with E-state index in [9.17, 15) is 8.42 Å². The summed E-state index contributed by atoms with van der Waals surface area (Å²) in [4.78, 5) is 7.76. The molecule has 0 spiro atoms. The molecule has 1 aromatic carbocycles. The number of rotatable bonds is 8. The van der Waals surface area contributed by atoms with E-state index < -0.39 is 10.0 Å². The number of nitrogens with one attached hydrogen (secondary N) is 3. The van der Waals surface area contributed by atoms with Gasteiger partial charge in [0.25, 0.3) is 0 Å². The molecule has 0 unspecified atom stereocenters. The maximum Gasteiger partial charge on any atom is 0.240 e. The highest BCUT2D eigenvalue weighted by molar-refractivity contribution is 14.0. The number of sulfonamides is 1. The normalized spacial score (nSPS) is 19.8. The minimum absolute atomic E-state index is 0. The molecule has 0 amide bonds. The third-order valence-corrected chi connectivity index (χ3v) is 8.05. The van der Waals surface area contributed by atoms with E-state index in [-0.39, 0.29) is 34.4 Å². The fraction of sp³-hybridized carbons (Fsp3) is 0.696. The molecule has 2 fully saturated rings. The predicted octanol–water partition coefficient (Wildman–Crippen LogP) is 3.46. The number of guanidine groups is 1. The summed E-state index contributed by atoms with van der Waals surface area (Å²) < 4.78 is 26.5. The van der Waals surface area contributed by atoms with Crippen LogP contribution in [0.25, 0.3) is 0 Å². The van der Waals surface area contributed by atoms with Gasteiger partial charge in [-0.1, -0.05) is 37.8 Å². The van der Waals surface area contributed by atoms with Gasteiger partial charge in [-0.25, -0.2) is 18.1 Å². The molecular formula is C23H40IN5O2S. The molecule has 0 atom stereocenters. The number of benzene rings is 1. The van der Waals surface area contributed by atoms with Gasteiger partial charge >= 0.3 is 0 Å². The van der Waals surface area contributed by atoms with E-state index in [0.29, 0.717) is 6.54 Å². The zero-order valence-corrected chi connectivity index (χ0v) is 22.7. The van der Waals surface area contributed by atoms with Crippen LogP contribution in [0.3, 0.4) is 0 Å². The molecule has 3 N–H and O–H groups in total. The van der Waals surface area contributed by atoms with Crippen molar-refractivity contribution in [3.63, 3.8) is 0 Å². The zero-order valence-electron chi connectivity index (χ0n) is 19.5. The molecule has 7 nitrogen and oxygen atoms in total. The molecule has 0 bridgehead atoms. The van der Waals surface area contributed by atoms with Crippen molar-refractivity contribution in [2.45, 2.75) is 75.3 Å². The Hall–Kier alpha value is -0.910. The molecule has 1 saturated heterocycles. The lowest BCUT2D eigenvalue weighted by Crippen LogP contribution is -2.59. The minimum atomic E-state index is -3.45. The first-order chi connectivity index (χ1) is 15.0. The summed E-state index contributed by atoms with van der Waals surface area (Å²) >= 11 is 0. The monoisotopic (exact) mass is 577 g/mol. The zero-order chi connectivity index (χ0) is 22.2. The summed E-state index contributed by atoms with van der Waals surface area (Å²) in [5, 5.41) is 6.98. The van der Waals surface area contributed by atoms with Gasteiger partial charge in [0.15, 0.2) is 5.96 Å². The standard InChI is InChI=1S/C23H39N5O2S.HI/c1-3-25-22(26-18-20-11-10-12-21(17-20)31(29,30)24-2)27-19-23(13-6-4-7-14-23)28-15-8-5-9-16-28;/h10-12,17,24H,3-9,13-16,18-19H2,1-2H3,(H2,25,26,27);1H. The number of hydrogen-bond donors (Lipinski definition) is 3. The van der Waals surface area contributed by atoms with Crippen molar-refractivity contribution in [3.8, 4) is 0 Å². The highest BCUT2D eigenvalue weighted by Crippen LogP contribution is 2.35. The van der Waals surface area contributed by atoms with Crippen LogP contribution in [-0.4, -0.2) is 58.0 Å². The summed E-state index contributed by atoms with van der Waals surface area (Å²) in [7, 11) is -2.02. The van der Waals surface area contributed by atoms with Crippen molar-refractivity contribution in [1.29, 1.82) is 0 Å². The first-order valence-electron chi connectivity index (χ1n) is 11.8. The van der Waals surface area contributed by atoms with Gasteiger partial charge in [-0.05, 0) is 70.4 Å². The lowest BCUT2D eigenvalue weighted by molar-refractivity contribution is 0.0368. The molecule has 9 heteroatoms. The smallest absolute Gasteiger partial charge is 0.240 e. The lowest BCUT2D eigenvalue weighted by atomic mass is 9.79. The maximum atomic E-state index is 12.1. The van der Waals surface area contributed by atoms with Crippen LogP contribution in [0.4, 0.5) is 0 Å². The Morgan fingerprint density at radius 3 is 2.41 bits per heavy atom. The molecular weight excluding hydrogens is 537 g/mol. The number of halogens is 1. The van der Waals surface area contributed by atoms with E-state index in [1.807, 2.05) is 6.07 Å². The topological polar surface area (TPSA) is 85.8 Å². The highest BCUT2D eigenvalue weighted by Gasteiger charge is 2.38. The number of aliphatic imine (C=N–C) groups is 1.